The van der Waals surface area contributed by atoms with Crippen molar-refractivity contribution in [2.24, 2.45) is 5.92 Å². The van der Waals surface area contributed by atoms with Crippen LogP contribution in [0.4, 0.5) is 5.69 Å². The molecule has 0 saturated carbocycles. The number of para-hydroxylation sites is 1. The maximum atomic E-state index is 15.1. The molecule has 0 aromatic heterocycles. The van der Waals surface area contributed by atoms with E-state index in [1.165, 1.54) is 14.2 Å². The molecular formula is C38H34N2O5. The third kappa shape index (κ3) is 4.21. The van der Waals surface area contributed by atoms with E-state index in [-0.39, 0.29) is 23.0 Å². The van der Waals surface area contributed by atoms with Crippen molar-refractivity contribution in [2.45, 2.75) is 37.3 Å². The predicted molar refractivity (Wildman–Crippen MR) is 173 cm³/mol. The van der Waals surface area contributed by atoms with Crippen LogP contribution in [0.3, 0.4) is 0 Å². The first-order chi connectivity index (χ1) is 21.9. The molecule has 7 heteroatoms. The maximum Gasteiger partial charge on any atom is 0.238 e. The average Bonchev–Trinajstić information content (AvgIpc) is 3.56. The van der Waals surface area contributed by atoms with Crippen LogP contribution in [-0.4, -0.2) is 42.6 Å². The number of ketones is 2. The summed E-state index contributed by atoms with van der Waals surface area (Å²) in [7, 11) is 3.05. The van der Waals surface area contributed by atoms with Gasteiger partial charge >= 0.3 is 0 Å². The standard InChI is InChI=1S/C38H34N2O5/c1-4-9-23-14-16-25(17-15-23)34(41)32-33(35(42)28-22-26(44-2)18-19-31(28)45-3)40-21-20-24-10-5-6-11-27(24)36(40)38(32)29-12-7-8-13-30(29)39-37(38)43/h5-8,10-22,32-33,36H,4,9H2,1-3H3,(H,39,43)/t32-,33+,36-,38-/m0/s1. The maximum absolute atomic E-state index is 15.1. The summed E-state index contributed by atoms with van der Waals surface area (Å²) in [4.78, 5) is 46.7. The minimum Gasteiger partial charge on any atom is -0.497 e. The Morgan fingerprint density at radius 3 is 2.40 bits per heavy atom. The number of amides is 1. The van der Waals surface area contributed by atoms with Crippen LogP contribution in [0.5, 0.6) is 11.5 Å². The fourth-order valence-corrected chi connectivity index (χ4v) is 7.64. The van der Waals surface area contributed by atoms with Gasteiger partial charge in [-0.3, -0.25) is 14.4 Å². The van der Waals surface area contributed by atoms with Crippen molar-refractivity contribution in [3.8, 4) is 11.5 Å². The molecule has 0 unspecified atom stereocenters. The minimum absolute atomic E-state index is 0.259. The third-order valence-corrected chi connectivity index (χ3v) is 9.57. The van der Waals surface area contributed by atoms with Gasteiger partial charge < -0.3 is 19.7 Å². The molecule has 3 aliphatic heterocycles. The van der Waals surface area contributed by atoms with E-state index < -0.39 is 23.4 Å². The third-order valence-electron chi connectivity index (χ3n) is 9.57. The van der Waals surface area contributed by atoms with E-state index >= 15 is 9.59 Å². The van der Waals surface area contributed by atoms with Crippen molar-refractivity contribution in [2.75, 3.05) is 19.5 Å². The fraction of sp³-hybridized carbons (Fsp3) is 0.237. The lowest BCUT2D eigenvalue weighted by Gasteiger charge is -2.38. The Kier molecular flexibility index (Phi) is 7.04. The smallest absolute Gasteiger partial charge is 0.238 e. The second kappa shape index (κ2) is 11.1. The highest BCUT2D eigenvalue weighted by atomic mass is 16.5. The van der Waals surface area contributed by atoms with Gasteiger partial charge in [0, 0.05) is 17.5 Å². The van der Waals surface area contributed by atoms with Gasteiger partial charge in [0.15, 0.2) is 11.6 Å². The van der Waals surface area contributed by atoms with Gasteiger partial charge in [0.1, 0.15) is 23.0 Å². The Morgan fingerprint density at radius 2 is 1.64 bits per heavy atom. The number of hydrogen-bond acceptors (Lipinski definition) is 6. The lowest BCUT2D eigenvalue weighted by atomic mass is 9.62. The van der Waals surface area contributed by atoms with Crippen molar-refractivity contribution in [1.29, 1.82) is 0 Å². The lowest BCUT2D eigenvalue weighted by Crippen LogP contribution is -2.49. The summed E-state index contributed by atoms with van der Waals surface area (Å²) in [6.07, 6.45) is 5.70. The molecule has 1 fully saturated rings. The van der Waals surface area contributed by atoms with Crippen LogP contribution in [0.15, 0.2) is 97.2 Å². The number of anilines is 1. The number of aryl methyl sites for hydroxylation is 1. The van der Waals surface area contributed by atoms with Gasteiger partial charge in [-0.15, -0.1) is 0 Å². The fourth-order valence-electron chi connectivity index (χ4n) is 7.64. The predicted octanol–water partition coefficient (Wildman–Crippen LogP) is 6.64. The Balaban J connectivity index is 1.51. The summed E-state index contributed by atoms with van der Waals surface area (Å²) in [6, 6.07) is 26.4. The van der Waals surface area contributed by atoms with Crippen LogP contribution in [-0.2, 0) is 16.6 Å². The zero-order valence-corrected chi connectivity index (χ0v) is 25.4. The largest absolute Gasteiger partial charge is 0.497 e. The van der Waals surface area contributed by atoms with Crippen molar-refractivity contribution >= 4 is 29.2 Å². The molecule has 3 heterocycles. The van der Waals surface area contributed by atoms with Crippen molar-refractivity contribution in [1.82, 2.24) is 4.90 Å². The first kappa shape index (κ1) is 28.6. The van der Waals surface area contributed by atoms with Gasteiger partial charge in [-0.2, -0.15) is 0 Å². The highest BCUT2D eigenvalue weighted by molar-refractivity contribution is 6.17. The Hall–Kier alpha value is -5.17. The first-order valence-corrected chi connectivity index (χ1v) is 15.3. The van der Waals surface area contributed by atoms with Gasteiger partial charge in [-0.1, -0.05) is 80.1 Å². The molecule has 45 heavy (non-hydrogen) atoms. The number of benzene rings is 4. The number of hydrogen-bond donors (Lipinski definition) is 1. The van der Waals surface area contributed by atoms with E-state index in [4.69, 9.17) is 9.47 Å². The van der Waals surface area contributed by atoms with Crippen molar-refractivity contribution in [3.63, 3.8) is 0 Å². The number of carbonyl (C=O) groups excluding carboxylic acids is 3. The van der Waals surface area contributed by atoms with Crippen LogP contribution < -0.4 is 14.8 Å². The number of nitrogens with zero attached hydrogens (tertiary/aromatic N) is 1. The second-order valence-corrected chi connectivity index (χ2v) is 11.8. The summed E-state index contributed by atoms with van der Waals surface area (Å²) in [5, 5.41) is 3.10. The van der Waals surface area contributed by atoms with Gasteiger partial charge in [-0.25, -0.2) is 0 Å². The summed E-state index contributed by atoms with van der Waals surface area (Å²) >= 11 is 0. The molecular weight excluding hydrogens is 564 g/mol. The SMILES string of the molecule is CCCc1ccc(C(=O)[C@@H]2[C@H](C(=O)c3cc(OC)ccc3OC)N3C=Cc4ccccc4[C@H]3[C@@]23C(=O)Nc2ccccc23)cc1. The number of Topliss-reactive ketones (excluding diaryl/α,β-unsaturated/α-hetero) is 2. The molecule has 4 aromatic rings. The molecule has 7 rings (SSSR count). The van der Waals surface area contributed by atoms with E-state index in [1.807, 2.05) is 90.0 Å². The minimum atomic E-state index is -1.40. The van der Waals surface area contributed by atoms with Crippen LogP contribution in [0.1, 0.15) is 62.4 Å². The number of rotatable bonds is 8. The molecule has 4 atom stereocenters. The number of ether oxygens (including phenoxy) is 2. The molecule has 4 aromatic carbocycles. The Bertz CT molecular complexity index is 1860. The van der Waals surface area contributed by atoms with Crippen LogP contribution in [0, 0.1) is 5.92 Å². The molecule has 1 spiro atoms. The van der Waals surface area contributed by atoms with Gasteiger partial charge in [-0.05, 0) is 59.0 Å². The summed E-state index contributed by atoms with van der Waals surface area (Å²) < 4.78 is 11.1. The van der Waals surface area contributed by atoms with Gasteiger partial charge in [0.25, 0.3) is 0 Å². The Labute approximate surface area is 262 Å². The highest BCUT2D eigenvalue weighted by Crippen LogP contribution is 2.62. The monoisotopic (exact) mass is 598 g/mol. The number of nitrogens with one attached hydrogen (secondary N) is 1. The zero-order chi connectivity index (χ0) is 31.3. The first-order valence-electron chi connectivity index (χ1n) is 15.3. The van der Waals surface area contributed by atoms with E-state index in [0.29, 0.717) is 28.3 Å². The lowest BCUT2D eigenvalue weighted by molar-refractivity contribution is -0.122. The van der Waals surface area contributed by atoms with Crippen molar-refractivity contribution in [3.05, 3.63) is 131 Å². The number of carbonyl (C=O) groups is 3. The molecule has 1 saturated heterocycles. The van der Waals surface area contributed by atoms with Crippen LogP contribution in [0.2, 0.25) is 0 Å². The molecule has 226 valence electrons. The molecule has 7 nitrogen and oxygen atoms in total. The average molecular weight is 599 g/mol. The quantitative estimate of drug-likeness (QED) is 0.229. The van der Waals surface area contributed by atoms with E-state index in [2.05, 4.69) is 12.2 Å². The highest BCUT2D eigenvalue weighted by Gasteiger charge is 2.70. The van der Waals surface area contributed by atoms with E-state index in [9.17, 15) is 4.79 Å². The number of methoxy groups -OCH3 is 2. The second-order valence-electron chi connectivity index (χ2n) is 11.8. The Morgan fingerprint density at radius 1 is 0.889 bits per heavy atom. The number of fused-ring (bicyclic) bond motifs is 6. The summed E-state index contributed by atoms with van der Waals surface area (Å²) in [6.45, 7) is 2.11. The van der Waals surface area contributed by atoms with E-state index in [0.717, 1.165) is 29.5 Å². The molecule has 0 bridgehead atoms. The molecule has 0 aliphatic carbocycles. The molecule has 1 amide bonds. The summed E-state index contributed by atoms with van der Waals surface area (Å²) in [5.74, 6) is -1.09. The normalized spacial score (nSPS) is 22.4. The van der Waals surface area contributed by atoms with Crippen LogP contribution >= 0.6 is 0 Å². The van der Waals surface area contributed by atoms with Gasteiger partial charge in [0.05, 0.1) is 31.7 Å². The zero-order valence-electron chi connectivity index (χ0n) is 25.4. The molecule has 1 N–H and O–H groups in total. The molecule has 0 radical (unpaired) electrons. The summed E-state index contributed by atoms with van der Waals surface area (Å²) in [5.41, 5.74) is 3.66. The van der Waals surface area contributed by atoms with Crippen LogP contribution in [0.25, 0.3) is 6.08 Å². The van der Waals surface area contributed by atoms with Crippen molar-refractivity contribution < 1.29 is 23.9 Å². The molecule has 3 aliphatic rings. The topological polar surface area (TPSA) is 84.9 Å². The van der Waals surface area contributed by atoms with Gasteiger partial charge in [0.2, 0.25) is 5.91 Å². The van der Waals surface area contributed by atoms with E-state index in [1.54, 1.807) is 18.2 Å².